The van der Waals surface area contributed by atoms with Crippen LogP contribution in [-0.2, 0) is 17.8 Å². The van der Waals surface area contributed by atoms with Gasteiger partial charge in [0.25, 0.3) is 5.91 Å². The number of hydrogen-bond donors (Lipinski definition) is 0. The zero-order valence-corrected chi connectivity index (χ0v) is 18.8. The molecule has 4 rings (SSSR count). The number of carbonyl (C=O) groups is 2. The third-order valence-corrected chi connectivity index (χ3v) is 6.86. The van der Waals surface area contributed by atoms with Crippen molar-refractivity contribution in [2.75, 3.05) is 26.2 Å². The van der Waals surface area contributed by atoms with Crippen molar-refractivity contribution in [3.8, 4) is 10.4 Å². The minimum absolute atomic E-state index is 0.0540. The Morgan fingerprint density at radius 2 is 1.97 bits per heavy atom. The Balaban J connectivity index is 1.62. The van der Waals surface area contributed by atoms with Crippen molar-refractivity contribution < 1.29 is 9.59 Å². The largest absolute Gasteiger partial charge is 0.341 e. The zero-order valence-electron chi connectivity index (χ0n) is 18.0. The number of rotatable bonds is 6. The Hall–Kier alpha value is -2.93. The van der Waals surface area contributed by atoms with Crippen molar-refractivity contribution in [2.24, 2.45) is 5.92 Å². The molecule has 0 aliphatic carbocycles. The number of aromatic nitrogens is 2. The number of imidazole rings is 1. The van der Waals surface area contributed by atoms with Gasteiger partial charge in [0.15, 0.2) is 0 Å². The molecule has 1 fully saturated rings. The fraction of sp³-hybridized carbons (Fsp3) is 0.375. The number of likely N-dealkylation sites (N-methyl/N-ethyl adjacent to an activating group) is 1. The highest BCUT2D eigenvalue weighted by molar-refractivity contribution is 7.13. The highest BCUT2D eigenvalue weighted by Crippen LogP contribution is 2.30. The molecule has 31 heavy (non-hydrogen) atoms. The quantitative estimate of drug-likeness (QED) is 0.591. The lowest BCUT2D eigenvalue weighted by molar-refractivity contribution is -0.134. The Kier molecular flexibility index (Phi) is 6.51. The van der Waals surface area contributed by atoms with Crippen molar-refractivity contribution in [1.82, 2.24) is 19.4 Å². The Bertz CT molecular complexity index is 1040. The molecule has 1 unspecified atom stereocenters. The van der Waals surface area contributed by atoms with Crippen LogP contribution in [0.5, 0.6) is 0 Å². The molecule has 2 amide bonds. The molecule has 3 heterocycles. The predicted molar refractivity (Wildman–Crippen MR) is 123 cm³/mol. The van der Waals surface area contributed by atoms with Crippen LogP contribution in [0.3, 0.4) is 0 Å². The summed E-state index contributed by atoms with van der Waals surface area (Å²) in [5, 5.41) is 2.07. The second-order valence-corrected chi connectivity index (χ2v) is 8.72. The second-order valence-electron chi connectivity index (χ2n) is 7.77. The van der Waals surface area contributed by atoms with Crippen LogP contribution in [0.4, 0.5) is 0 Å². The van der Waals surface area contributed by atoms with Gasteiger partial charge in [0.05, 0.1) is 18.4 Å². The molecule has 1 aliphatic rings. The average Bonchev–Trinajstić information content (AvgIpc) is 3.47. The summed E-state index contributed by atoms with van der Waals surface area (Å²) in [7, 11) is 0. The first-order chi connectivity index (χ1) is 15.1. The molecule has 0 radical (unpaired) electrons. The summed E-state index contributed by atoms with van der Waals surface area (Å²) in [5.41, 5.74) is 2.89. The lowest BCUT2D eigenvalue weighted by atomic mass is 9.93. The van der Waals surface area contributed by atoms with Gasteiger partial charge in [-0.05, 0) is 42.8 Å². The third kappa shape index (κ3) is 4.42. The van der Waals surface area contributed by atoms with Crippen LogP contribution >= 0.6 is 11.3 Å². The molecule has 0 N–H and O–H groups in total. The maximum Gasteiger partial charge on any atom is 0.272 e. The molecule has 0 saturated carbocycles. The van der Waals surface area contributed by atoms with Gasteiger partial charge in [-0.2, -0.15) is 0 Å². The van der Waals surface area contributed by atoms with E-state index in [0.29, 0.717) is 44.8 Å². The van der Waals surface area contributed by atoms with Crippen LogP contribution in [0.1, 0.15) is 29.9 Å². The van der Waals surface area contributed by atoms with Crippen LogP contribution in [0, 0.1) is 5.92 Å². The lowest BCUT2D eigenvalue weighted by Crippen LogP contribution is -2.38. The van der Waals surface area contributed by atoms with E-state index in [0.717, 1.165) is 5.56 Å². The summed E-state index contributed by atoms with van der Waals surface area (Å²) in [6, 6.07) is 12.4. The van der Waals surface area contributed by atoms with Crippen molar-refractivity contribution in [1.29, 1.82) is 0 Å². The number of aryl methyl sites for hydroxylation is 1. The maximum absolute atomic E-state index is 13.3. The molecular weight excluding hydrogens is 408 g/mol. The Morgan fingerprint density at radius 1 is 1.13 bits per heavy atom. The topological polar surface area (TPSA) is 58.4 Å². The van der Waals surface area contributed by atoms with Gasteiger partial charge in [0, 0.05) is 37.6 Å². The normalized spacial score (nSPS) is 17.1. The van der Waals surface area contributed by atoms with Gasteiger partial charge in [-0.3, -0.25) is 9.59 Å². The summed E-state index contributed by atoms with van der Waals surface area (Å²) >= 11 is 1.70. The molecular formula is C24H28N4O2S. The minimum Gasteiger partial charge on any atom is -0.341 e. The van der Waals surface area contributed by atoms with Crippen molar-refractivity contribution >= 4 is 23.2 Å². The zero-order chi connectivity index (χ0) is 21.8. The molecule has 162 valence electrons. The predicted octanol–water partition coefficient (Wildman–Crippen LogP) is 3.79. The number of carbonyl (C=O) groups excluding carboxylic acids is 2. The molecule has 1 saturated heterocycles. The van der Waals surface area contributed by atoms with E-state index in [9.17, 15) is 9.59 Å². The van der Waals surface area contributed by atoms with Crippen LogP contribution in [0.15, 0.2) is 54.3 Å². The summed E-state index contributed by atoms with van der Waals surface area (Å²) in [6.07, 6.45) is 3.92. The molecule has 6 nitrogen and oxygen atoms in total. The Morgan fingerprint density at radius 3 is 2.71 bits per heavy atom. The summed E-state index contributed by atoms with van der Waals surface area (Å²) < 4.78 is 1.85. The number of hydrogen-bond acceptors (Lipinski definition) is 4. The van der Waals surface area contributed by atoms with Crippen LogP contribution in [-0.4, -0.2) is 57.3 Å². The monoisotopic (exact) mass is 436 g/mol. The first-order valence-corrected chi connectivity index (χ1v) is 11.7. The van der Waals surface area contributed by atoms with Crippen LogP contribution in [0.2, 0.25) is 0 Å². The first-order valence-electron chi connectivity index (χ1n) is 10.8. The molecule has 0 spiro atoms. The molecule has 0 bridgehead atoms. The maximum atomic E-state index is 13.3. The van der Waals surface area contributed by atoms with E-state index in [2.05, 4.69) is 28.6 Å². The molecule has 7 heteroatoms. The molecule has 2 aromatic heterocycles. The van der Waals surface area contributed by atoms with Gasteiger partial charge in [0.2, 0.25) is 5.91 Å². The van der Waals surface area contributed by atoms with Crippen LogP contribution < -0.4 is 0 Å². The van der Waals surface area contributed by atoms with E-state index in [4.69, 9.17) is 0 Å². The number of amides is 2. The standard InChI is InChI=1S/C24H28N4O2S/c1-3-26-11-12-28(24(30)21-15-25-17-27(21)4-2)16-19(23(26)29)14-18-8-5-6-9-20(18)22-10-7-13-31-22/h5-10,13,15,17,19H,3-4,11-12,14,16H2,1-2H3. The van der Waals surface area contributed by atoms with Gasteiger partial charge in [-0.15, -0.1) is 11.3 Å². The molecule has 1 atom stereocenters. The van der Waals surface area contributed by atoms with E-state index in [1.54, 1.807) is 23.9 Å². The van der Waals surface area contributed by atoms with Crippen molar-refractivity contribution in [3.05, 3.63) is 65.6 Å². The highest BCUT2D eigenvalue weighted by atomic mass is 32.1. The van der Waals surface area contributed by atoms with Crippen molar-refractivity contribution in [3.63, 3.8) is 0 Å². The SMILES string of the molecule is CCN1CCN(C(=O)c2cncn2CC)CC(Cc2ccccc2-c2cccs2)C1=O. The second kappa shape index (κ2) is 9.47. The van der Waals surface area contributed by atoms with E-state index in [-0.39, 0.29) is 17.7 Å². The van der Waals surface area contributed by atoms with Gasteiger partial charge < -0.3 is 14.4 Å². The number of benzene rings is 1. The Labute approximate surface area is 187 Å². The molecule has 3 aromatic rings. The van der Waals surface area contributed by atoms with E-state index in [1.807, 2.05) is 46.4 Å². The van der Waals surface area contributed by atoms with Gasteiger partial charge in [-0.1, -0.05) is 30.3 Å². The molecule has 1 aliphatic heterocycles. The fourth-order valence-electron chi connectivity index (χ4n) is 4.24. The van der Waals surface area contributed by atoms with Gasteiger partial charge in [-0.25, -0.2) is 4.98 Å². The van der Waals surface area contributed by atoms with E-state index >= 15 is 0 Å². The summed E-state index contributed by atoms with van der Waals surface area (Å²) in [5.74, 6) is -0.199. The summed E-state index contributed by atoms with van der Waals surface area (Å²) in [6.45, 7) is 6.84. The molecule has 1 aromatic carbocycles. The average molecular weight is 437 g/mol. The van der Waals surface area contributed by atoms with Gasteiger partial charge in [0.1, 0.15) is 5.69 Å². The first kappa shape index (κ1) is 21.3. The fourth-order valence-corrected chi connectivity index (χ4v) is 5.03. The van der Waals surface area contributed by atoms with Crippen molar-refractivity contribution in [2.45, 2.75) is 26.8 Å². The van der Waals surface area contributed by atoms with Crippen LogP contribution in [0.25, 0.3) is 10.4 Å². The summed E-state index contributed by atoms with van der Waals surface area (Å²) in [4.78, 5) is 35.7. The highest BCUT2D eigenvalue weighted by Gasteiger charge is 2.33. The lowest BCUT2D eigenvalue weighted by Gasteiger charge is -2.24. The van der Waals surface area contributed by atoms with E-state index in [1.165, 1.54) is 10.4 Å². The van der Waals surface area contributed by atoms with Gasteiger partial charge >= 0.3 is 0 Å². The number of thiophene rings is 1. The minimum atomic E-state index is -0.273. The third-order valence-electron chi connectivity index (χ3n) is 5.95. The number of nitrogens with zero attached hydrogens (tertiary/aromatic N) is 4. The smallest absolute Gasteiger partial charge is 0.272 e. The van der Waals surface area contributed by atoms with E-state index < -0.39 is 0 Å².